The van der Waals surface area contributed by atoms with Crippen LogP contribution in [0.1, 0.15) is 47.9 Å². The topological polar surface area (TPSA) is 58.6 Å². The lowest BCUT2D eigenvalue weighted by Gasteiger charge is -2.23. The standard InChI is InChI=1S/C27H35N3O2/c1-3-21-6-4-7-23-25(19-29-27(21)23)24(22-10-8-20(2)9-11-22)18-26(31)28-12-5-13-30-14-16-32-17-15-30/h4,6-11,19,24,29H,3,5,12-18H2,1-2H3,(H,28,31)/p+1/t24-/m0/s1. The molecule has 1 amide bonds. The molecule has 3 aromatic rings. The molecule has 5 heteroatoms. The number of ether oxygens (including phenoxy) is 1. The first-order valence-electron chi connectivity index (χ1n) is 12.0. The van der Waals surface area contributed by atoms with Crippen LogP contribution in [0.2, 0.25) is 0 Å². The highest BCUT2D eigenvalue weighted by Gasteiger charge is 2.22. The minimum atomic E-state index is 0.0290. The van der Waals surface area contributed by atoms with Crippen LogP contribution in [0.25, 0.3) is 10.9 Å². The van der Waals surface area contributed by atoms with Gasteiger partial charge in [-0.05, 0) is 30.0 Å². The third kappa shape index (κ3) is 5.40. The first kappa shape index (κ1) is 22.6. The zero-order valence-electron chi connectivity index (χ0n) is 19.4. The van der Waals surface area contributed by atoms with Crippen LogP contribution in [-0.2, 0) is 16.0 Å². The highest BCUT2D eigenvalue weighted by Crippen LogP contribution is 2.34. The first-order valence-corrected chi connectivity index (χ1v) is 12.0. The second-order valence-corrected chi connectivity index (χ2v) is 8.92. The lowest BCUT2D eigenvalue weighted by Crippen LogP contribution is -3.14. The van der Waals surface area contributed by atoms with E-state index in [-0.39, 0.29) is 11.8 Å². The van der Waals surface area contributed by atoms with E-state index in [0.717, 1.165) is 52.2 Å². The van der Waals surface area contributed by atoms with E-state index in [1.807, 2.05) is 0 Å². The molecule has 1 saturated heterocycles. The van der Waals surface area contributed by atoms with Crippen LogP contribution in [0.3, 0.4) is 0 Å². The van der Waals surface area contributed by atoms with E-state index in [2.05, 4.69) is 72.8 Å². The molecule has 3 N–H and O–H groups in total. The van der Waals surface area contributed by atoms with E-state index in [1.165, 1.54) is 33.2 Å². The summed E-state index contributed by atoms with van der Waals surface area (Å²) in [7, 11) is 0. The summed E-state index contributed by atoms with van der Waals surface area (Å²) in [6.45, 7) is 9.95. The maximum Gasteiger partial charge on any atom is 0.220 e. The molecule has 1 atom stereocenters. The number of aromatic amines is 1. The average molecular weight is 435 g/mol. The van der Waals surface area contributed by atoms with Gasteiger partial charge in [0.2, 0.25) is 5.91 Å². The van der Waals surface area contributed by atoms with Crippen molar-refractivity contribution in [2.75, 3.05) is 39.4 Å². The van der Waals surface area contributed by atoms with Gasteiger partial charge in [0.05, 0.1) is 19.8 Å². The molecule has 1 aliphatic rings. The third-order valence-corrected chi connectivity index (χ3v) is 6.69. The number of H-pyrrole nitrogens is 1. The lowest BCUT2D eigenvalue weighted by molar-refractivity contribution is -0.908. The number of carbonyl (C=O) groups excluding carboxylic acids is 1. The SMILES string of the molecule is CCc1cccc2c([C@@H](CC(=O)NCCC[NH+]3CCOCC3)c3ccc(C)cc3)c[nH]c12. The normalized spacial score (nSPS) is 15.7. The smallest absolute Gasteiger partial charge is 0.220 e. The largest absolute Gasteiger partial charge is 0.370 e. The molecular weight excluding hydrogens is 398 g/mol. The fourth-order valence-electron chi connectivity index (χ4n) is 4.76. The van der Waals surface area contributed by atoms with Crippen LogP contribution in [0.5, 0.6) is 0 Å². The van der Waals surface area contributed by atoms with Gasteiger partial charge in [0.15, 0.2) is 0 Å². The van der Waals surface area contributed by atoms with Crippen LogP contribution >= 0.6 is 0 Å². The highest BCUT2D eigenvalue weighted by molar-refractivity contribution is 5.88. The van der Waals surface area contributed by atoms with Gasteiger partial charge in [-0.3, -0.25) is 4.79 Å². The van der Waals surface area contributed by atoms with Crippen LogP contribution in [0, 0.1) is 6.92 Å². The second-order valence-electron chi connectivity index (χ2n) is 8.92. The van der Waals surface area contributed by atoms with Gasteiger partial charge in [0, 0.05) is 42.4 Å². The summed E-state index contributed by atoms with van der Waals surface area (Å²) in [5.41, 5.74) is 6.12. The first-order chi connectivity index (χ1) is 15.7. The minimum absolute atomic E-state index is 0.0290. The van der Waals surface area contributed by atoms with Crippen molar-refractivity contribution in [3.8, 4) is 0 Å². The van der Waals surface area contributed by atoms with E-state index in [1.54, 1.807) is 4.90 Å². The summed E-state index contributed by atoms with van der Waals surface area (Å²) in [5.74, 6) is 0.148. The van der Waals surface area contributed by atoms with Crippen molar-refractivity contribution in [2.45, 2.75) is 39.0 Å². The number of para-hydroxylation sites is 1. The van der Waals surface area contributed by atoms with Crippen molar-refractivity contribution in [3.63, 3.8) is 0 Å². The number of rotatable bonds is 9. The molecule has 0 unspecified atom stereocenters. The molecule has 1 aliphatic heterocycles. The van der Waals surface area contributed by atoms with Crippen molar-refractivity contribution in [2.24, 2.45) is 0 Å². The summed E-state index contributed by atoms with van der Waals surface area (Å²) in [4.78, 5) is 18.0. The fraction of sp³-hybridized carbons (Fsp3) is 0.444. The quantitative estimate of drug-likeness (QED) is 0.454. The Labute approximate surface area is 191 Å². The number of aromatic nitrogens is 1. The molecule has 2 aromatic carbocycles. The maximum atomic E-state index is 13.0. The van der Waals surface area contributed by atoms with Gasteiger partial charge >= 0.3 is 0 Å². The molecule has 32 heavy (non-hydrogen) atoms. The van der Waals surface area contributed by atoms with Gasteiger partial charge in [-0.15, -0.1) is 0 Å². The molecule has 1 aromatic heterocycles. The number of benzene rings is 2. The molecule has 0 saturated carbocycles. The maximum absolute atomic E-state index is 13.0. The number of nitrogens with one attached hydrogen (secondary N) is 3. The lowest BCUT2D eigenvalue weighted by atomic mass is 9.87. The monoisotopic (exact) mass is 434 g/mol. The highest BCUT2D eigenvalue weighted by atomic mass is 16.5. The summed E-state index contributed by atoms with van der Waals surface area (Å²) >= 11 is 0. The summed E-state index contributed by atoms with van der Waals surface area (Å²) < 4.78 is 5.42. The van der Waals surface area contributed by atoms with E-state index in [0.29, 0.717) is 6.42 Å². The zero-order chi connectivity index (χ0) is 22.3. The molecule has 0 bridgehead atoms. The Kier molecular flexibility index (Phi) is 7.61. The Balaban J connectivity index is 1.47. The second kappa shape index (κ2) is 10.8. The third-order valence-electron chi connectivity index (χ3n) is 6.69. The van der Waals surface area contributed by atoms with Gasteiger partial charge in [-0.1, -0.05) is 55.0 Å². The van der Waals surface area contributed by atoms with Crippen molar-refractivity contribution in [1.82, 2.24) is 10.3 Å². The van der Waals surface area contributed by atoms with Crippen molar-refractivity contribution in [1.29, 1.82) is 0 Å². The molecule has 0 aliphatic carbocycles. The van der Waals surface area contributed by atoms with E-state index in [9.17, 15) is 4.79 Å². The Morgan fingerprint density at radius 2 is 1.94 bits per heavy atom. The van der Waals surface area contributed by atoms with Crippen LogP contribution < -0.4 is 10.2 Å². The molecule has 170 valence electrons. The van der Waals surface area contributed by atoms with Gasteiger partial charge in [0.1, 0.15) is 13.1 Å². The number of hydrogen-bond acceptors (Lipinski definition) is 2. The Hall–Kier alpha value is -2.63. The Bertz CT molecular complexity index is 1020. The van der Waals surface area contributed by atoms with Crippen molar-refractivity contribution < 1.29 is 14.4 Å². The number of carbonyl (C=O) groups is 1. The molecule has 5 nitrogen and oxygen atoms in total. The zero-order valence-corrected chi connectivity index (χ0v) is 19.4. The Morgan fingerprint density at radius 3 is 2.69 bits per heavy atom. The number of morpholine rings is 1. The minimum Gasteiger partial charge on any atom is -0.370 e. The molecule has 0 spiro atoms. The number of fused-ring (bicyclic) bond motifs is 1. The number of quaternary nitrogens is 1. The molecular formula is C27H36N3O2+. The van der Waals surface area contributed by atoms with Gasteiger partial charge in [-0.2, -0.15) is 0 Å². The van der Waals surface area contributed by atoms with Gasteiger partial charge in [0.25, 0.3) is 0 Å². The number of aryl methyl sites for hydroxylation is 2. The molecule has 4 rings (SSSR count). The summed E-state index contributed by atoms with van der Waals surface area (Å²) in [6.07, 6.45) is 4.54. The average Bonchev–Trinajstić information content (AvgIpc) is 3.26. The van der Waals surface area contributed by atoms with Gasteiger partial charge < -0.3 is 19.9 Å². The van der Waals surface area contributed by atoms with Crippen molar-refractivity contribution in [3.05, 3.63) is 70.9 Å². The van der Waals surface area contributed by atoms with Crippen molar-refractivity contribution >= 4 is 16.8 Å². The number of amides is 1. The molecule has 0 radical (unpaired) electrons. The molecule has 2 heterocycles. The van der Waals surface area contributed by atoms with Crippen LogP contribution in [0.15, 0.2) is 48.7 Å². The summed E-state index contributed by atoms with van der Waals surface area (Å²) in [6, 6.07) is 15.1. The van der Waals surface area contributed by atoms with Crippen LogP contribution in [0.4, 0.5) is 0 Å². The van der Waals surface area contributed by atoms with E-state index >= 15 is 0 Å². The fourth-order valence-corrected chi connectivity index (χ4v) is 4.76. The Morgan fingerprint density at radius 1 is 1.16 bits per heavy atom. The molecule has 1 fully saturated rings. The predicted molar refractivity (Wildman–Crippen MR) is 129 cm³/mol. The number of hydrogen-bond donors (Lipinski definition) is 3. The van der Waals surface area contributed by atoms with E-state index in [4.69, 9.17) is 4.74 Å². The predicted octanol–water partition coefficient (Wildman–Crippen LogP) is 2.98. The van der Waals surface area contributed by atoms with Gasteiger partial charge in [-0.25, -0.2) is 0 Å². The van der Waals surface area contributed by atoms with E-state index < -0.39 is 0 Å². The van der Waals surface area contributed by atoms with Crippen LogP contribution in [-0.4, -0.2) is 50.3 Å². The summed E-state index contributed by atoms with van der Waals surface area (Å²) in [5, 5.41) is 4.39.